The lowest BCUT2D eigenvalue weighted by atomic mass is 9.64. The summed E-state index contributed by atoms with van der Waals surface area (Å²) in [5.41, 5.74) is 6.57. The first kappa shape index (κ1) is 21.1. The molecule has 27 heavy (non-hydrogen) atoms. The first-order valence-corrected chi connectivity index (χ1v) is 9.95. The van der Waals surface area contributed by atoms with Gasteiger partial charge in [-0.15, -0.1) is 0 Å². The second-order valence-electron chi connectivity index (χ2n) is 7.90. The molecule has 0 aromatic heterocycles. The Balaban J connectivity index is 1.94. The maximum atomic E-state index is 10.9. The second kappa shape index (κ2) is 10.2. The Labute approximate surface area is 163 Å². The minimum Gasteiger partial charge on any atom is -0.484 e. The van der Waals surface area contributed by atoms with Crippen molar-refractivity contribution in [2.45, 2.75) is 53.0 Å². The number of benzene rings is 1. The van der Waals surface area contributed by atoms with E-state index in [1.807, 2.05) is 24.3 Å². The number of primary amides is 1. The van der Waals surface area contributed by atoms with Crippen molar-refractivity contribution in [3.8, 4) is 5.75 Å². The molecule has 0 spiro atoms. The molecule has 0 bridgehead atoms. The monoisotopic (exact) mass is 374 g/mol. The van der Waals surface area contributed by atoms with Crippen LogP contribution in [-0.4, -0.2) is 31.6 Å². The summed E-state index contributed by atoms with van der Waals surface area (Å²) in [5, 5.41) is 6.87. The van der Waals surface area contributed by atoms with Crippen LogP contribution in [-0.2, 0) is 11.3 Å². The fourth-order valence-electron chi connectivity index (χ4n) is 3.67. The van der Waals surface area contributed by atoms with E-state index in [2.05, 4.69) is 31.4 Å². The SMILES string of the molecule is CCNC(=NCc1cccc(OCC(N)=O)c1)NCC1(CC(C)C)CCC1. The number of nitrogens with zero attached hydrogens (tertiary/aromatic N) is 1. The van der Waals surface area contributed by atoms with E-state index in [9.17, 15) is 4.79 Å². The predicted octanol–water partition coefficient (Wildman–Crippen LogP) is 2.82. The standard InChI is InChI=1S/C21H34N4O2/c1-4-23-20(25-15-21(9-6-10-21)12-16(2)3)24-13-17-7-5-8-18(11-17)27-14-19(22)26/h5,7-8,11,16H,4,6,9-10,12-15H2,1-3H3,(H2,22,26)(H2,23,24,25). The molecule has 1 aliphatic rings. The van der Waals surface area contributed by atoms with Crippen LogP contribution in [0.4, 0.5) is 0 Å². The van der Waals surface area contributed by atoms with Gasteiger partial charge >= 0.3 is 0 Å². The molecule has 0 aliphatic heterocycles. The molecule has 0 heterocycles. The third-order valence-electron chi connectivity index (χ3n) is 4.93. The topological polar surface area (TPSA) is 88.7 Å². The van der Waals surface area contributed by atoms with Gasteiger partial charge in [0.1, 0.15) is 5.75 Å². The average Bonchev–Trinajstić information content (AvgIpc) is 2.59. The van der Waals surface area contributed by atoms with E-state index in [0.717, 1.165) is 30.5 Å². The van der Waals surface area contributed by atoms with Gasteiger partial charge in [0.15, 0.2) is 12.6 Å². The molecule has 2 rings (SSSR count). The molecule has 1 aromatic rings. The van der Waals surface area contributed by atoms with Crippen LogP contribution in [0.2, 0.25) is 0 Å². The number of guanidine groups is 1. The van der Waals surface area contributed by atoms with Crippen molar-refractivity contribution in [2.24, 2.45) is 22.1 Å². The highest BCUT2D eigenvalue weighted by Gasteiger charge is 2.37. The largest absolute Gasteiger partial charge is 0.484 e. The van der Waals surface area contributed by atoms with Crippen LogP contribution >= 0.6 is 0 Å². The number of hydrogen-bond acceptors (Lipinski definition) is 3. The first-order chi connectivity index (χ1) is 12.9. The van der Waals surface area contributed by atoms with Gasteiger partial charge in [-0.2, -0.15) is 0 Å². The van der Waals surface area contributed by atoms with E-state index in [4.69, 9.17) is 15.5 Å². The maximum Gasteiger partial charge on any atom is 0.255 e. The molecule has 0 radical (unpaired) electrons. The molecule has 150 valence electrons. The van der Waals surface area contributed by atoms with E-state index < -0.39 is 5.91 Å². The molecular formula is C21H34N4O2. The number of nitrogens with two attached hydrogens (primary N) is 1. The van der Waals surface area contributed by atoms with Crippen LogP contribution < -0.4 is 21.1 Å². The van der Waals surface area contributed by atoms with E-state index in [1.165, 1.54) is 25.7 Å². The summed E-state index contributed by atoms with van der Waals surface area (Å²) in [6.45, 7) is 8.89. The average molecular weight is 375 g/mol. The van der Waals surface area contributed by atoms with Crippen molar-refractivity contribution in [2.75, 3.05) is 19.7 Å². The summed E-state index contributed by atoms with van der Waals surface area (Å²) in [4.78, 5) is 15.6. The number of nitrogens with one attached hydrogen (secondary N) is 2. The Bertz CT molecular complexity index is 639. The van der Waals surface area contributed by atoms with Gasteiger partial charge in [-0.25, -0.2) is 4.99 Å². The number of amides is 1. The van der Waals surface area contributed by atoms with E-state index in [-0.39, 0.29) is 6.61 Å². The fraction of sp³-hybridized carbons (Fsp3) is 0.619. The summed E-state index contributed by atoms with van der Waals surface area (Å²) in [5.74, 6) is 1.71. The van der Waals surface area contributed by atoms with Crippen molar-refractivity contribution in [3.05, 3.63) is 29.8 Å². The number of ether oxygens (including phenoxy) is 1. The molecule has 1 saturated carbocycles. The van der Waals surface area contributed by atoms with Crippen molar-refractivity contribution in [1.29, 1.82) is 0 Å². The summed E-state index contributed by atoms with van der Waals surface area (Å²) in [6, 6.07) is 7.60. The third kappa shape index (κ3) is 7.12. The van der Waals surface area contributed by atoms with Crippen LogP contribution in [0.3, 0.4) is 0 Å². The Kier molecular flexibility index (Phi) is 7.95. The quantitative estimate of drug-likeness (QED) is 0.434. The maximum absolute atomic E-state index is 10.9. The highest BCUT2D eigenvalue weighted by Crippen LogP contribution is 2.45. The lowest BCUT2D eigenvalue weighted by Gasteiger charge is -2.43. The molecule has 0 atom stereocenters. The van der Waals surface area contributed by atoms with Crippen LogP contribution in [0.15, 0.2) is 29.3 Å². The summed E-state index contributed by atoms with van der Waals surface area (Å²) < 4.78 is 5.36. The van der Waals surface area contributed by atoms with Crippen LogP contribution in [0.25, 0.3) is 0 Å². The lowest BCUT2D eigenvalue weighted by molar-refractivity contribution is -0.119. The van der Waals surface area contributed by atoms with Crippen molar-refractivity contribution >= 4 is 11.9 Å². The zero-order chi connectivity index (χ0) is 19.7. The Morgan fingerprint density at radius 3 is 2.70 bits per heavy atom. The minimum absolute atomic E-state index is 0.116. The first-order valence-electron chi connectivity index (χ1n) is 9.95. The Hall–Kier alpha value is -2.24. The molecule has 0 unspecified atom stereocenters. The van der Waals surface area contributed by atoms with Crippen LogP contribution in [0, 0.1) is 11.3 Å². The van der Waals surface area contributed by atoms with Gasteiger partial charge in [0.25, 0.3) is 5.91 Å². The third-order valence-corrected chi connectivity index (χ3v) is 4.93. The fourth-order valence-corrected chi connectivity index (χ4v) is 3.67. The predicted molar refractivity (Wildman–Crippen MR) is 110 cm³/mol. The second-order valence-corrected chi connectivity index (χ2v) is 7.90. The summed E-state index contributed by atoms with van der Waals surface area (Å²) in [7, 11) is 0. The highest BCUT2D eigenvalue weighted by molar-refractivity contribution is 5.79. The smallest absolute Gasteiger partial charge is 0.255 e. The van der Waals surface area contributed by atoms with E-state index in [1.54, 1.807) is 0 Å². The van der Waals surface area contributed by atoms with Gasteiger partial charge in [0.2, 0.25) is 0 Å². The summed E-state index contributed by atoms with van der Waals surface area (Å²) >= 11 is 0. The van der Waals surface area contributed by atoms with E-state index in [0.29, 0.717) is 17.7 Å². The van der Waals surface area contributed by atoms with Gasteiger partial charge in [0.05, 0.1) is 6.54 Å². The molecule has 1 aliphatic carbocycles. The molecule has 6 heteroatoms. The van der Waals surface area contributed by atoms with Crippen molar-refractivity contribution in [1.82, 2.24) is 10.6 Å². The molecule has 1 aromatic carbocycles. The molecule has 4 N–H and O–H groups in total. The summed E-state index contributed by atoms with van der Waals surface area (Å²) in [6.07, 6.45) is 5.20. The lowest BCUT2D eigenvalue weighted by Crippen LogP contribution is -2.47. The molecule has 1 amide bonds. The number of carbonyl (C=O) groups excluding carboxylic acids is 1. The molecule has 6 nitrogen and oxygen atoms in total. The zero-order valence-electron chi connectivity index (χ0n) is 16.9. The van der Waals surface area contributed by atoms with Gasteiger partial charge in [0, 0.05) is 13.1 Å². The molecular weight excluding hydrogens is 340 g/mol. The van der Waals surface area contributed by atoms with Gasteiger partial charge in [-0.05, 0) is 55.2 Å². The Morgan fingerprint density at radius 1 is 1.33 bits per heavy atom. The zero-order valence-corrected chi connectivity index (χ0v) is 16.9. The normalized spacial score (nSPS) is 15.9. The highest BCUT2D eigenvalue weighted by atomic mass is 16.5. The Morgan fingerprint density at radius 2 is 2.11 bits per heavy atom. The molecule has 1 fully saturated rings. The number of aliphatic imine (C=N–C) groups is 1. The van der Waals surface area contributed by atoms with Gasteiger partial charge in [-0.1, -0.05) is 32.4 Å². The number of rotatable bonds is 10. The van der Waals surface area contributed by atoms with Crippen LogP contribution in [0.1, 0.15) is 52.0 Å². The van der Waals surface area contributed by atoms with Crippen molar-refractivity contribution < 1.29 is 9.53 Å². The van der Waals surface area contributed by atoms with E-state index >= 15 is 0 Å². The van der Waals surface area contributed by atoms with Gasteiger partial charge in [-0.3, -0.25) is 4.79 Å². The van der Waals surface area contributed by atoms with Crippen molar-refractivity contribution in [3.63, 3.8) is 0 Å². The number of carbonyl (C=O) groups is 1. The minimum atomic E-state index is -0.483. The van der Waals surface area contributed by atoms with Gasteiger partial charge < -0.3 is 21.1 Å². The van der Waals surface area contributed by atoms with Crippen LogP contribution in [0.5, 0.6) is 5.75 Å². The number of hydrogen-bond donors (Lipinski definition) is 3. The molecule has 0 saturated heterocycles.